The average molecular weight is 357 g/mol. The molecule has 1 aromatic rings. The lowest BCUT2D eigenvalue weighted by Gasteiger charge is -2.28. The number of halogens is 2. The predicted octanol–water partition coefficient (Wildman–Crippen LogP) is 2.87. The van der Waals surface area contributed by atoms with Crippen LogP contribution in [0.25, 0.3) is 0 Å². The molecule has 1 fully saturated rings. The third-order valence-electron chi connectivity index (χ3n) is 4.75. The Morgan fingerprint density at radius 1 is 1.28 bits per heavy atom. The highest BCUT2D eigenvalue weighted by Gasteiger charge is 2.48. The van der Waals surface area contributed by atoms with E-state index in [2.05, 4.69) is 4.74 Å². The first kappa shape index (κ1) is 19.0. The molecule has 2 rings (SSSR count). The summed E-state index contributed by atoms with van der Waals surface area (Å²) < 4.78 is 34.1. The molecule has 1 heterocycles. The fourth-order valence-corrected chi connectivity index (χ4v) is 3.08. The number of amides is 1. The van der Waals surface area contributed by atoms with E-state index in [9.17, 15) is 23.5 Å². The number of rotatable bonds is 6. The van der Waals surface area contributed by atoms with Crippen LogP contribution in [0.3, 0.4) is 0 Å². The maximum absolute atomic E-state index is 12.7. The van der Waals surface area contributed by atoms with Crippen molar-refractivity contribution in [2.75, 3.05) is 20.2 Å². The highest BCUT2D eigenvalue weighted by molar-refractivity contribution is 5.95. The minimum absolute atomic E-state index is 0.0127. The van der Waals surface area contributed by atoms with Gasteiger partial charge in [0.15, 0.2) is 11.5 Å². The van der Waals surface area contributed by atoms with Gasteiger partial charge in [0.05, 0.1) is 12.5 Å². The first-order chi connectivity index (χ1) is 11.7. The summed E-state index contributed by atoms with van der Waals surface area (Å²) in [5, 5.41) is 9.56. The van der Waals surface area contributed by atoms with E-state index >= 15 is 0 Å². The molecule has 6 nitrogen and oxygen atoms in total. The maximum Gasteiger partial charge on any atom is 0.387 e. The Hall–Kier alpha value is -2.38. The summed E-state index contributed by atoms with van der Waals surface area (Å²) in [6, 6.07) is 3.91. The largest absolute Gasteiger partial charge is 0.493 e. The molecule has 25 heavy (non-hydrogen) atoms. The van der Waals surface area contributed by atoms with Gasteiger partial charge < -0.3 is 19.5 Å². The number of carboxylic acid groups (broad SMARTS) is 1. The van der Waals surface area contributed by atoms with Crippen LogP contribution in [0.4, 0.5) is 8.78 Å². The molecule has 1 amide bonds. The number of hydrogen-bond acceptors (Lipinski definition) is 4. The van der Waals surface area contributed by atoms with Gasteiger partial charge in [-0.05, 0) is 30.5 Å². The van der Waals surface area contributed by atoms with E-state index in [1.807, 2.05) is 13.8 Å². The number of carboxylic acids is 1. The Morgan fingerprint density at radius 3 is 2.44 bits per heavy atom. The van der Waals surface area contributed by atoms with Crippen molar-refractivity contribution in [2.45, 2.75) is 26.9 Å². The van der Waals surface area contributed by atoms with Crippen molar-refractivity contribution in [3.8, 4) is 11.5 Å². The third-order valence-corrected chi connectivity index (χ3v) is 4.75. The summed E-state index contributed by atoms with van der Waals surface area (Å²) >= 11 is 0. The minimum Gasteiger partial charge on any atom is -0.493 e. The topological polar surface area (TPSA) is 76.1 Å². The van der Waals surface area contributed by atoms with Gasteiger partial charge in [-0.1, -0.05) is 13.8 Å². The Kier molecular flexibility index (Phi) is 5.49. The molecular formula is C17H21F2NO5. The van der Waals surface area contributed by atoms with Gasteiger partial charge in [0.25, 0.3) is 5.91 Å². The highest BCUT2D eigenvalue weighted by Crippen LogP contribution is 2.39. The summed E-state index contributed by atoms with van der Waals surface area (Å²) in [7, 11) is 1.28. The molecular weight excluding hydrogens is 336 g/mol. The lowest BCUT2D eigenvalue weighted by atomic mass is 9.76. The van der Waals surface area contributed by atoms with Crippen LogP contribution in [-0.4, -0.2) is 48.7 Å². The third kappa shape index (κ3) is 3.67. The molecule has 138 valence electrons. The van der Waals surface area contributed by atoms with Crippen LogP contribution in [-0.2, 0) is 4.79 Å². The van der Waals surface area contributed by atoms with E-state index in [1.54, 1.807) is 0 Å². The van der Waals surface area contributed by atoms with Crippen molar-refractivity contribution in [3.05, 3.63) is 23.8 Å². The molecule has 1 aliphatic heterocycles. The second-order valence-electron chi connectivity index (χ2n) is 6.34. The molecule has 8 heteroatoms. The first-order valence-corrected chi connectivity index (χ1v) is 7.87. The number of likely N-dealkylation sites (tertiary alicyclic amines) is 1. The summed E-state index contributed by atoms with van der Waals surface area (Å²) in [4.78, 5) is 25.8. The first-order valence-electron chi connectivity index (χ1n) is 7.87. The molecule has 0 bridgehead atoms. The number of hydrogen-bond donors (Lipinski definition) is 1. The van der Waals surface area contributed by atoms with E-state index in [1.165, 1.54) is 30.2 Å². The van der Waals surface area contributed by atoms with E-state index in [0.29, 0.717) is 13.0 Å². The molecule has 0 aromatic heterocycles. The minimum atomic E-state index is -3.00. The van der Waals surface area contributed by atoms with Crippen molar-refractivity contribution in [1.29, 1.82) is 0 Å². The van der Waals surface area contributed by atoms with Crippen LogP contribution in [0.2, 0.25) is 0 Å². The number of ether oxygens (including phenoxy) is 2. The van der Waals surface area contributed by atoms with Gasteiger partial charge in [0, 0.05) is 18.7 Å². The summed E-state index contributed by atoms with van der Waals surface area (Å²) in [5.41, 5.74) is -0.748. The second-order valence-corrected chi connectivity index (χ2v) is 6.34. The van der Waals surface area contributed by atoms with Gasteiger partial charge in [0.2, 0.25) is 0 Å². The molecule has 1 aliphatic rings. The van der Waals surface area contributed by atoms with Crippen LogP contribution in [0, 0.1) is 11.3 Å². The molecule has 1 unspecified atom stereocenters. The zero-order valence-corrected chi connectivity index (χ0v) is 14.3. The fourth-order valence-electron chi connectivity index (χ4n) is 3.08. The number of carbonyl (C=O) groups excluding carboxylic acids is 1. The van der Waals surface area contributed by atoms with Crippen molar-refractivity contribution in [1.82, 2.24) is 4.90 Å². The summed E-state index contributed by atoms with van der Waals surface area (Å²) in [6.07, 6.45) is 0.370. The van der Waals surface area contributed by atoms with Crippen LogP contribution >= 0.6 is 0 Å². The van der Waals surface area contributed by atoms with Gasteiger partial charge in [-0.2, -0.15) is 8.78 Å². The number of benzene rings is 1. The molecule has 1 atom stereocenters. The van der Waals surface area contributed by atoms with Crippen molar-refractivity contribution in [2.24, 2.45) is 11.3 Å². The number of alkyl halides is 2. The Labute approximate surface area is 144 Å². The standard InChI is InChI=1S/C17H21F2NO5/c1-10(2)17(15(22)23)6-7-20(9-17)14(21)11-4-5-12(25-16(18)19)13(8-11)24-3/h4-5,8,10,16H,6-7,9H2,1-3H3,(H,22,23). The van der Waals surface area contributed by atoms with Gasteiger partial charge in [0.1, 0.15) is 0 Å². The Morgan fingerprint density at radius 2 is 1.96 bits per heavy atom. The van der Waals surface area contributed by atoms with Crippen LogP contribution < -0.4 is 9.47 Å². The number of methoxy groups -OCH3 is 1. The molecule has 1 saturated heterocycles. The van der Waals surface area contributed by atoms with Gasteiger partial charge in [-0.25, -0.2) is 0 Å². The van der Waals surface area contributed by atoms with E-state index < -0.39 is 18.0 Å². The van der Waals surface area contributed by atoms with Crippen LogP contribution in [0.1, 0.15) is 30.6 Å². The van der Waals surface area contributed by atoms with Gasteiger partial charge in [-0.15, -0.1) is 0 Å². The molecule has 0 radical (unpaired) electrons. The number of carbonyl (C=O) groups is 2. The average Bonchev–Trinajstić information content (AvgIpc) is 3.01. The molecule has 0 spiro atoms. The molecule has 1 aromatic carbocycles. The van der Waals surface area contributed by atoms with Crippen LogP contribution in [0.5, 0.6) is 11.5 Å². The Balaban J connectivity index is 2.23. The van der Waals surface area contributed by atoms with E-state index in [-0.39, 0.29) is 35.4 Å². The Bertz CT molecular complexity index is 664. The second kappa shape index (κ2) is 7.25. The number of aliphatic carboxylic acids is 1. The van der Waals surface area contributed by atoms with Gasteiger partial charge >= 0.3 is 12.6 Å². The smallest absolute Gasteiger partial charge is 0.387 e. The van der Waals surface area contributed by atoms with Crippen molar-refractivity contribution >= 4 is 11.9 Å². The van der Waals surface area contributed by atoms with E-state index in [0.717, 1.165) is 0 Å². The van der Waals surface area contributed by atoms with Crippen LogP contribution in [0.15, 0.2) is 18.2 Å². The monoisotopic (exact) mass is 357 g/mol. The zero-order chi connectivity index (χ0) is 18.8. The van der Waals surface area contributed by atoms with Crippen molar-refractivity contribution < 1.29 is 33.0 Å². The predicted molar refractivity (Wildman–Crippen MR) is 85.1 cm³/mol. The van der Waals surface area contributed by atoms with E-state index in [4.69, 9.17) is 4.74 Å². The zero-order valence-electron chi connectivity index (χ0n) is 14.3. The maximum atomic E-state index is 12.7. The summed E-state index contributed by atoms with van der Waals surface area (Å²) in [6.45, 7) is 1.07. The molecule has 1 N–H and O–H groups in total. The number of nitrogens with zero attached hydrogens (tertiary/aromatic N) is 1. The lowest BCUT2D eigenvalue weighted by molar-refractivity contribution is -0.150. The normalized spacial score (nSPS) is 20.2. The summed E-state index contributed by atoms with van der Waals surface area (Å²) in [5.74, 6) is -1.57. The molecule has 0 aliphatic carbocycles. The molecule has 0 saturated carbocycles. The lowest BCUT2D eigenvalue weighted by Crippen LogP contribution is -2.40. The SMILES string of the molecule is COc1cc(C(=O)N2CCC(C(=O)O)(C(C)C)C2)ccc1OC(F)F. The van der Waals surface area contributed by atoms with Gasteiger partial charge in [-0.3, -0.25) is 9.59 Å². The fraction of sp³-hybridized carbons (Fsp3) is 0.529. The highest BCUT2D eigenvalue weighted by atomic mass is 19.3. The quantitative estimate of drug-likeness (QED) is 0.847. The van der Waals surface area contributed by atoms with Crippen molar-refractivity contribution in [3.63, 3.8) is 0 Å².